The predicted molar refractivity (Wildman–Crippen MR) is 249 cm³/mol. The van der Waals surface area contributed by atoms with Crippen LogP contribution in [-0.4, -0.2) is 131 Å². The van der Waals surface area contributed by atoms with Crippen molar-refractivity contribution in [3.63, 3.8) is 0 Å². The lowest BCUT2D eigenvalue weighted by Gasteiger charge is -2.40. The van der Waals surface area contributed by atoms with Gasteiger partial charge in [-0.3, -0.25) is 43.2 Å². The van der Waals surface area contributed by atoms with Crippen LogP contribution in [-0.2, 0) is 58.1 Å². The lowest BCUT2D eigenvalue weighted by Crippen LogP contribution is -2.61. The van der Waals surface area contributed by atoms with E-state index >= 15 is 0 Å². The standard InChI is InChI=1S/C48H62N10O13/c1-7-47(6)38(45(68)69)58-40(63)23(5)52-34(61)19-50-42(65)30-17-48-26-9-8-10-31(71-47)36(26)57-46(48)70-37-25-13-20(2)14-28(54-43(66)27-11-12-32(59)53-27)44(67)55-29(16-24(15-25)21(3)35(37)48)41(64)49-18-33(60)51-22(4)39(62)56-30/h8-10,15,20-24,27-30,38,46,57H,7,11-14,16-19H2,1-6H3,(H,49,64)(H,50,65)(H,51,60)(H,52,61)(H,53,59)(H,54,66)(H,55,67)(H,56,62)(H,58,63)(H,68,69)/t20-,21?,22-,23?,24?,27?,28-,29-,30-,38+,46+,47+,48-/m0/s1. The second-order valence-electron chi connectivity index (χ2n) is 20.1. The molecule has 0 saturated carbocycles. The van der Waals surface area contributed by atoms with Gasteiger partial charge < -0.3 is 67.7 Å². The van der Waals surface area contributed by atoms with Crippen molar-refractivity contribution < 1.29 is 62.5 Å². The summed E-state index contributed by atoms with van der Waals surface area (Å²) in [6.07, 6.45) is 1.62. The number of para-hydroxylation sites is 1. The van der Waals surface area contributed by atoms with Gasteiger partial charge in [-0.15, -0.1) is 0 Å². The van der Waals surface area contributed by atoms with Crippen LogP contribution in [0.15, 0.2) is 41.2 Å². The van der Waals surface area contributed by atoms with Crippen molar-refractivity contribution in [3.05, 3.63) is 46.7 Å². The Balaban J connectivity index is 1.31. The molecule has 1 aromatic rings. The number of anilines is 1. The fraction of sp³-hybridized carbons (Fsp3) is 0.583. The zero-order chi connectivity index (χ0) is 51.3. The minimum Gasteiger partial charge on any atom is -0.483 e. The third kappa shape index (κ3) is 9.69. The second-order valence-corrected chi connectivity index (χ2v) is 20.1. The summed E-state index contributed by atoms with van der Waals surface area (Å²) in [5.74, 6) is -8.33. The van der Waals surface area contributed by atoms with E-state index in [1.165, 1.54) is 13.8 Å². The molecule has 8 rings (SSSR count). The van der Waals surface area contributed by atoms with E-state index in [9.17, 15) is 53.1 Å². The van der Waals surface area contributed by atoms with Gasteiger partial charge in [0.2, 0.25) is 53.2 Å². The van der Waals surface area contributed by atoms with Gasteiger partial charge in [-0.2, -0.15) is 0 Å². The van der Waals surface area contributed by atoms with Crippen LogP contribution in [0.3, 0.4) is 0 Å². The summed E-state index contributed by atoms with van der Waals surface area (Å²) in [4.78, 5) is 136. The van der Waals surface area contributed by atoms with Crippen LogP contribution in [0.25, 0.3) is 0 Å². The van der Waals surface area contributed by atoms with Gasteiger partial charge in [-0.25, -0.2) is 4.79 Å². The van der Waals surface area contributed by atoms with Crippen molar-refractivity contribution in [3.8, 4) is 5.75 Å². The number of allylic oxidation sites excluding steroid dienone is 2. The minimum absolute atomic E-state index is 0.0136. The molecule has 382 valence electrons. The number of benzene rings is 1. The molecule has 0 radical (unpaired) electrons. The number of ether oxygens (including phenoxy) is 2. The summed E-state index contributed by atoms with van der Waals surface area (Å²) < 4.78 is 13.8. The monoisotopic (exact) mass is 986 g/mol. The topological polar surface area (TPSA) is 330 Å². The molecule has 9 amide bonds. The molecule has 1 aliphatic carbocycles. The second kappa shape index (κ2) is 19.5. The van der Waals surface area contributed by atoms with Crippen molar-refractivity contribution in [1.82, 2.24) is 47.9 Å². The number of amides is 9. The van der Waals surface area contributed by atoms with Gasteiger partial charge in [-0.1, -0.05) is 39.0 Å². The molecular weight excluding hydrogens is 925 g/mol. The van der Waals surface area contributed by atoms with Gasteiger partial charge in [0.05, 0.1) is 24.2 Å². The lowest BCUT2D eigenvalue weighted by atomic mass is 9.62. The molecule has 23 nitrogen and oxygen atoms in total. The van der Waals surface area contributed by atoms with Gasteiger partial charge in [0.25, 0.3) is 0 Å². The number of carbonyl (C=O) groups excluding carboxylic acids is 9. The highest BCUT2D eigenvalue weighted by Gasteiger charge is 2.62. The number of hydrogen-bond acceptors (Lipinski definition) is 13. The third-order valence-corrected chi connectivity index (χ3v) is 15.0. The van der Waals surface area contributed by atoms with Crippen LogP contribution in [0.4, 0.5) is 5.69 Å². The zero-order valence-corrected chi connectivity index (χ0v) is 40.4. The van der Waals surface area contributed by atoms with E-state index in [1.807, 2.05) is 26.0 Å². The first-order valence-electron chi connectivity index (χ1n) is 24.2. The Hall–Kier alpha value is -7.20. The van der Waals surface area contributed by atoms with E-state index < -0.39 is 138 Å². The molecule has 1 aromatic carbocycles. The molecular formula is C48H62N10O13. The van der Waals surface area contributed by atoms with E-state index in [1.54, 1.807) is 26.0 Å². The Morgan fingerprint density at radius 3 is 2.06 bits per heavy atom. The lowest BCUT2D eigenvalue weighted by molar-refractivity contribution is -0.148. The first kappa shape index (κ1) is 50.2. The molecule has 4 unspecified atom stereocenters. The Kier molecular flexibility index (Phi) is 13.8. The van der Waals surface area contributed by atoms with Crippen molar-refractivity contribution in [2.75, 3.05) is 18.4 Å². The van der Waals surface area contributed by atoms with Crippen molar-refractivity contribution in [2.45, 2.75) is 146 Å². The summed E-state index contributed by atoms with van der Waals surface area (Å²) in [6, 6.07) is -3.73. The maximum atomic E-state index is 14.7. The number of carbonyl (C=O) groups is 10. The molecule has 2 fully saturated rings. The van der Waals surface area contributed by atoms with Crippen LogP contribution in [0.2, 0.25) is 0 Å². The zero-order valence-electron chi connectivity index (χ0n) is 40.4. The molecule has 1 spiro atoms. The Labute approximate surface area is 408 Å². The summed E-state index contributed by atoms with van der Waals surface area (Å²) in [5.41, 5.74) is -0.661. The van der Waals surface area contributed by atoms with Gasteiger partial charge in [0, 0.05) is 6.42 Å². The summed E-state index contributed by atoms with van der Waals surface area (Å²) in [7, 11) is 0. The Morgan fingerprint density at radius 2 is 1.42 bits per heavy atom. The number of carboxylic acid groups (broad SMARTS) is 1. The normalized spacial score (nSPS) is 35.6. The fourth-order valence-corrected chi connectivity index (χ4v) is 11.1. The van der Waals surface area contributed by atoms with Gasteiger partial charge in [-0.05, 0) is 99.8 Å². The highest BCUT2D eigenvalue weighted by atomic mass is 16.5. The van der Waals surface area contributed by atoms with Gasteiger partial charge in [0.1, 0.15) is 53.4 Å². The van der Waals surface area contributed by atoms with Crippen LogP contribution in [0.1, 0.15) is 92.1 Å². The van der Waals surface area contributed by atoms with Crippen LogP contribution < -0.4 is 57.9 Å². The molecule has 7 aliphatic rings. The average molecular weight is 987 g/mol. The van der Waals surface area contributed by atoms with E-state index in [4.69, 9.17) is 9.47 Å². The highest BCUT2D eigenvalue weighted by molar-refractivity contribution is 5.98. The van der Waals surface area contributed by atoms with E-state index in [0.717, 1.165) is 0 Å². The number of carboxylic acids is 1. The quantitative estimate of drug-likeness (QED) is 0.163. The molecule has 2 saturated heterocycles. The van der Waals surface area contributed by atoms with Crippen LogP contribution >= 0.6 is 0 Å². The maximum absolute atomic E-state index is 14.7. The van der Waals surface area contributed by atoms with Crippen LogP contribution in [0.5, 0.6) is 5.75 Å². The SMILES string of the molecule is CC[C@@]1(C)Oc2cccc3c2N[C@@H]2OC4=C5C(C)C6C=C4C[C@H](C)C[C@H](NC(=O)C4CCC(=O)N4)C(=O)N[C@@H](C6)C(=O)NCC(=O)N[C@@H](C)C(=O)N[C@@H](C[C@@]532)C(=O)NCC(=O)NC(C)C(=O)N[C@@H]1C(=O)O. The number of aliphatic carboxylic acids is 1. The first-order chi connectivity index (χ1) is 33.6. The molecule has 11 N–H and O–H groups in total. The summed E-state index contributed by atoms with van der Waals surface area (Å²) in [6.45, 7) is 8.57. The van der Waals surface area contributed by atoms with Crippen molar-refractivity contribution in [1.29, 1.82) is 0 Å². The summed E-state index contributed by atoms with van der Waals surface area (Å²) >= 11 is 0. The highest BCUT2D eigenvalue weighted by Crippen LogP contribution is 2.62. The molecule has 6 aliphatic heterocycles. The van der Waals surface area contributed by atoms with E-state index in [0.29, 0.717) is 34.6 Å². The van der Waals surface area contributed by atoms with Crippen molar-refractivity contribution in [2.24, 2.45) is 17.8 Å². The van der Waals surface area contributed by atoms with E-state index in [2.05, 4.69) is 53.2 Å². The molecule has 6 heterocycles. The Bertz CT molecular complexity index is 2530. The molecule has 71 heavy (non-hydrogen) atoms. The molecule has 23 heteroatoms. The third-order valence-electron chi connectivity index (χ3n) is 15.0. The Morgan fingerprint density at radius 1 is 0.775 bits per heavy atom. The largest absolute Gasteiger partial charge is 0.483 e. The molecule has 0 aromatic heterocycles. The van der Waals surface area contributed by atoms with Gasteiger partial charge >= 0.3 is 5.97 Å². The predicted octanol–water partition coefficient (Wildman–Crippen LogP) is -1.52. The molecule has 13 atom stereocenters. The first-order valence-corrected chi connectivity index (χ1v) is 24.2. The summed E-state index contributed by atoms with van der Waals surface area (Å²) in [5, 5.41) is 37.9. The number of hydrogen-bond donors (Lipinski definition) is 11. The minimum atomic E-state index is -1.63. The number of fused-ring (bicyclic) bond motifs is 3. The maximum Gasteiger partial charge on any atom is 0.330 e. The van der Waals surface area contributed by atoms with Crippen molar-refractivity contribution >= 4 is 64.8 Å². The van der Waals surface area contributed by atoms with Crippen LogP contribution in [0, 0.1) is 17.8 Å². The smallest absolute Gasteiger partial charge is 0.330 e. The van der Waals surface area contributed by atoms with Gasteiger partial charge in [0.15, 0.2) is 12.3 Å². The fourth-order valence-electron chi connectivity index (χ4n) is 11.1. The average Bonchev–Trinajstić information content (AvgIpc) is 3.99. The van der Waals surface area contributed by atoms with E-state index in [-0.39, 0.29) is 56.1 Å². The molecule has 9 bridgehead atoms. The number of rotatable bonds is 4. The number of nitrogens with one attached hydrogen (secondary N) is 10.